The first-order valence-electron chi connectivity index (χ1n) is 7.40. The number of anilines is 1. The van der Waals surface area contributed by atoms with Crippen molar-refractivity contribution in [2.24, 2.45) is 17.8 Å². The Kier molecular flexibility index (Phi) is 3.66. The molecule has 19 heavy (non-hydrogen) atoms. The van der Waals surface area contributed by atoms with E-state index in [1.165, 1.54) is 25.7 Å². The molecule has 1 aromatic heterocycles. The van der Waals surface area contributed by atoms with Gasteiger partial charge in [-0.1, -0.05) is 31.9 Å². The number of rotatable bonds is 4. The third-order valence-electron chi connectivity index (χ3n) is 4.66. The van der Waals surface area contributed by atoms with Gasteiger partial charge < -0.3 is 5.32 Å². The number of fused-ring (bicyclic) bond motifs is 2. The van der Waals surface area contributed by atoms with Crippen LogP contribution in [0.1, 0.15) is 51.3 Å². The fraction of sp³-hybridized carbons (Fsp3) is 0.733. The highest BCUT2D eigenvalue weighted by atomic mass is 35.5. The third kappa shape index (κ3) is 2.86. The molecule has 0 spiro atoms. The molecule has 2 bridgehead atoms. The van der Waals surface area contributed by atoms with Gasteiger partial charge in [0.1, 0.15) is 16.8 Å². The van der Waals surface area contributed by atoms with Gasteiger partial charge in [-0.3, -0.25) is 0 Å². The molecule has 1 aromatic rings. The summed E-state index contributed by atoms with van der Waals surface area (Å²) in [5, 5.41) is 4.01. The van der Waals surface area contributed by atoms with E-state index in [9.17, 15) is 0 Å². The molecule has 3 nitrogen and oxygen atoms in total. The average Bonchev–Trinajstić information content (AvgIpc) is 2.97. The first-order valence-corrected chi connectivity index (χ1v) is 7.78. The molecule has 0 amide bonds. The Bertz CT molecular complexity index is 461. The minimum absolute atomic E-state index is 0.307. The van der Waals surface area contributed by atoms with E-state index in [0.717, 1.165) is 35.9 Å². The zero-order chi connectivity index (χ0) is 13.4. The van der Waals surface area contributed by atoms with Crippen LogP contribution in [-0.2, 0) is 0 Å². The zero-order valence-electron chi connectivity index (χ0n) is 11.7. The van der Waals surface area contributed by atoms with Crippen molar-refractivity contribution >= 4 is 17.4 Å². The van der Waals surface area contributed by atoms with Gasteiger partial charge in [-0.2, -0.15) is 0 Å². The number of nitrogens with one attached hydrogen (secondary N) is 1. The van der Waals surface area contributed by atoms with Gasteiger partial charge in [0, 0.05) is 18.5 Å². The van der Waals surface area contributed by atoms with Crippen LogP contribution in [-0.4, -0.2) is 16.5 Å². The van der Waals surface area contributed by atoms with Crippen molar-refractivity contribution < 1.29 is 0 Å². The summed E-state index contributed by atoms with van der Waals surface area (Å²) in [6, 6.07) is 1.83. The highest BCUT2D eigenvalue weighted by Crippen LogP contribution is 2.48. The standard InChI is InChI=1S/C15H22ClN3/c1-9(2)15-18-13(16)7-14(19-15)17-8-12-6-10-3-4-11(12)5-10/h7,9-12H,3-6,8H2,1-2H3,(H,17,18,19). The summed E-state index contributed by atoms with van der Waals surface area (Å²) < 4.78 is 0. The lowest BCUT2D eigenvalue weighted by Crippen LogP contribution is -2.20. The van der Waals surface area contributed by atoms with E-state index in [1.807, 2.05) is 6.07 Å². The molecule has 2 aliphatic carbocycles. The zero-order valence-corrected chi connectivity index (χ0v) is 12.5. The molecule has 3 atom stereocenters. The van der Waals surface area contributed by atoms with Crippen LogP contribution in [0.3, 0.4) is 0 Å². The molecule has 4 heteroatoms. The predicted molar refractivity (Wildman–Crippen MR) is 78.6 cm³/mol. The number of halogens is 1. The summed E-state index contributed by atoms with van der Waals surface area (Å²) in [5.74, 6) is 4.78. The van der Waals surface area contributed by atoms with Gasteiger partial charge in [0.05, 0.1) is 0 Å². The minimum Gasteiger partial charge on any atom is -0.370 e. The third-order valence-corrected chi connectivity index (χ3v) is 4.85. The minimum atomic E-state index is 0.307. The molecule has 0 radical (unpaired) electrons. The molecular formula is C15H22ClN3. The van der Waals surface area contributed by atoms with Crippen LogP contribution in [0.2, 0.25) is 5.15 Å². The van der Waals surface area contributed by atoms with Crippen molar-refractivity contribution in [3.8, 4) is 0 Å². The summed E-state index contributed by atoms with van der Waals surface area (Å²) in [6.45, 7) is 5.21. The Morgan fingerprint density at radius 3 is 2.79 bits per heavy atom. The molecule has 2 saturated carbocycles. The SMILES string of the molecule is CC(C)c1nc(Cl)cc(NCC2CC3CCC2C3)n1. The van der Waals surface area contributed by atoms with Crippen LogP contribution in [0.4, 0.5) is 5.82 Å². The summed E-state index contributed by atoms with van der Waals surface area (Å²) in [7, 11) is 0. The highest BCUT2D eigenvalue weighted by molar-refractivity contribution is 6.29. The van der Waals surface area contributed by atoms with Crippen molar-refractivity contribution in [2.45, 2.75) is 45.4 Å². The van der Waals surface area contributed by atoms with Crippen LogP contribution >= 0.6 is 11.6 Å². The van der Waals surface area contributed by atoms with E-state index < -0.39 is 0 Å². The van der Waals surface area contributed by atoms with E-state index in [-0.39, 0.29) is 0 Å². The van der Waals surface area contributed by atoms with Crippen LogP contribution in [0.5, 0.6) is 0 Å². The number of hydrogen-bond donors (Lipinski definition) is 1. The lowest BCUT2D eigenvalue weighted by Gasteiger charge is -2.22. The van der Waals surface area contributed by atoms with Crippen LogP contribution in [0.15, 0.2) is 6.07 Å². The van der Waals surface area contributed by atoms with Gasteiger partial charge in [0.2, 0.25) is 0 Å². The maximum atomic E-state index is 6.06. The fourth-order valence-corrected chi connectivity index (χ4v) is 3.84. The number of nitrogens with zero attached hydrogens (tertiary/aromatic N) is 2. The first kappa shape index (κ1) is 13.2. The largest absolute Gasteiger partial charge is 0.370 e. The predicted octanol–water partition coefficient (Wildman–Crippen LogP) is 4.10. The number of hydrogen-bond acceptors (Lipinski definition) is 3. The Morgan fingerprint density at radius 1 is 1.32 bits per heavy atom. The van der Waals surface area contributed by atoms with Crippen LogP contribution < -0.4 is 5.32 Å². The van der Waals surface area contributed by atoms with Crippen molar-refractivity contribution in [1.82, 2.24) is 9.97 Å². The molecule has 3 unspecified atom stereocenters. The normalized spacial score (nSPS) is 29.2. The van der Waals surface area contributed by atoms with Crippen LogP contribution in [0, 0.1) is 17.8 Å². The molecule has 3 rings (SSSR count). The lowest BCUT2D eigenvalue weighted by atomic mass is 9.89. The molecule has 0 aromatic carbocycles. The van der Waals surface area contributed by atoms with E-state index >= 15 is 0 Å². The van der Waals surface area contributed by atoms with Gasteiger partial charge in [-0.25, -0.2) is 9.97 Å². The second-order valence-corrected chi connectivity index (χ2v) is 6.79. The maximum Gasteiger partial charge on any atom is 0.135 e. The molecule has 2 fully saturated rings. The summed E-state index contributed by atoms with van der Waals surface area (Å²) in [4.78, 5) is 8.82. The van der Waals surface area contributed by atoms with E-state index in [2.05, 4.69) is 29.1 Å². The van der Waals surface area contributed by atoms with Crippen molar-refractivity contribution in [3.05, 3.63) is 17.0 Å². The fourth-order valence-electron chi connectivity index (χ4n) is 3.65. The molecule has 1 N–H and O–H groups in total. The Balaban J connectivity index is 1.63. The van der Waals surface area contributed by atoms with Gasteiger partial charge >= 0.3 is 0 Å². The topological polar surface area (TPSA) is 37.8 Å². The van der Waals surface area contributed by atoms with Crippen molar-refractivity contribution in [2.75, 3.05) is 11.9 Å². The number of aromatic nitrogens is 2. The van der Waals surface area contributed by atoms with Gasteiger partial charge in [-0.05, 0) is 37.0 Å². The molecular weight excluding hydrogens is 258 g/mol. The monoisotopic (exact) mass is 279 g/mol. The van der Waals surface area contributed by atoms with Crippen molar-refractivity contribution in [1.29, 1.82) is 0 Å². The summed E-state index contributed by atoms with van der Waals surface area (Å²) in [6.07, 6.45) is 5.73. The quantitative estimate of drug-likeness (QED) is 0.843. The van der Waals surface area contributed by atoms with Crippen LogP contribution in [0.25, 0.3) is 0 Å². The second kappa shape index (κ2) is 5.28. The van der Waals surface area contributed by atoms with Gasteiger partial charge in [-0.15, -0.1) is 0 Å². The summed E-state index contributed by atoms with van der Waals surface area (Å²) >= 11 is 6.06. The molecule has 0 saturated heterocycles. The van der Waals surface area contributed by atoms with Gasteiger partial charge in [0.25, 0.3) is 0 Å². The first-order chi connectivity index (χ1) is 9.11. The lowest BCUT2D eigenvalue weighted by molar-refractivity contribution is 0.348. The molecule has 1 heterocycles. The summed E-state index contributed by atoms with van der Waals surface area (Å²) in [5.41, 5.74) is 0. The van der Waals surface area contributed by atoms with E-state index in [1.54, 1.807) is 0 Å². The molecule has 2 aliphatic rings. The maximum absolute atomic E-state index is 6.06. The highest BCUT2D eigenvalue weighted by Gasteiger charge is 2.39. The average molecular weight is 280 g/mol. The Hall–Kier alpha value is -0.830. The van der Waals surface area contributed by atoms with Gasteiger partial charge in [0.15, 0.2) is 0 Å². The smallest absolute Gasteiger partial charge is 0.135 e. The van der Waals surface area contributed by atoms with E-state index in [4.69, 9.17) is 11.6 Å². The second-order valence-electron chi connectivity index (χ2n) is 6.40. The molecule has 104 valence electrons. The Labute approximate surface area is 120 Å². The van der Waals surface area contributed by atoms with E-state index in [0.29, 0.717) is 11.1 Å². The Morgan fingerprint density at radius 2 is 2.16 bits per heavy atom. The van der Waals surface area contributed by atoms with Crippen molar-refractivity contribution in [3.63, 3.8) is 0 Å². The molecule has 0 aliphatic heterocycles.